The maximum atomic E-state index is 5.89. The van der Waals surface area contributed by atoms with Crippen LogP contribution in [0.5, 0.6) is 5.88 Å². The lowest BCUT2D eigenvalue weighted by atomic mass is 9.85. The summed E-state index contributed by atoms with van der Waals surface area (Å²) in [4.78, 5) is 8.12. The normalized spacial score (nSPS) is 25.3. The summed E-state index contributed by atoms with van der Waals surface area (Å²) in [5.74, 6) is 1.63. The second-order valence-corrected chi connectivity index (χ2v) is 4.39. The quantitative estimate of drug-likeness (QED) is 0.851. The minimum Gasteiger partial charge on any atom is -0.473 e. The Morgan fingerprint density at radius 1 is 1.38 bits per heavy atom. The van der Waals surface area contributed by atoms with Crippen LogP contribution in [-0.4, -0.2) is 16.1 Å². The molecule has 2 atom stereocenters. The fraction of sp³-hybridized carbons (Fsp3) is 0.667. The molecule has 0 bridgehead atoms. The summed E-state index contributed by atoms with van der Waals surface area (Å²) in [6.45, 7) is 2.22. The number of nitrogens with zero attached hydrogens (tertiary/aromatic N) is 2. The zero-order valence-corrected chi connectivity index (χ0v) is 9.72. The van der Waals surface area contributed by atoms with E-state index in [1.54, 1.807) is 6.20 Å². The molecule has 0 amide bonds. The SMILES string of the molecule is CCC1CCCCC1Oc1cncc(N)n1. The second-order valence-electron chi connectivity index (χ2n) is 4.39. The van der Waals surface area contributed by atoms with E-state index in [4.69, 9.17) is 10.5 Å². The molecule has 1 aromatic rings. The summed E-state index contributed by atoms with van der Waals surface area (Å²) in [6, 6.07) is 0. The van der Waals surface area contributed by atoms with Crippen molar-refractivity contribution in [2.45, 2.75) is 45.1 Å². The molecule has 0 saturated heterocycles. The maximum Gasteiger partial charge on any atom is 0.234 e. The highest BCUT2D eigenvalue weighted by Crippen LogP contribution is 2.29. The Balaban J connectivity index is 2.02. The minimum absolute atomic E-state index is 0.287. The van der Waals surface area contributed by atoms with E-state index in [1.807, 2.05) is 0 Å². The van der Waals surface area contributed by atoms with Gasteiger partial charge in [-0.1, -0.05) is 13.3 Å². The molecule has 2 N–H and O–H groups in total. The van der Waals surface area contributed by atoms with Crippen molar-refractivity contribution in [3.8, 4) is 5.88 Å². The number of rotatable bonds is 3. The van der Waals surface area contributed by atoms with Crippen molar-refractivity contribution in [2.75, 3.05) is 5.73 Å². The Morgan fingerprint density at radius 2 is 2.19 bits per heavy atom. The Bertz CT molecular complexity index is 343. The van der Waals surface area contributed by atoms with Crippen LogP contribution >= 0.6 is 0 Å². The molecule has 0 aromatic carbocycles. The van der Waals surface area contributed by atoms with Crippen molar-refractivity contribution in [1.82, 2.24) is 9.97 Å². The van der Waals surface area contributed by atoms with Gasteiger partial charge < -0.3 is 10.5 Å². The predicted octanol–water partition coefficient (Wildman–Crippen LogP) is 2.41. The third kappa shape index (κ3) is 2.62. The highest BCUT2D eigenvalue weighted by atomic mass is 16.5. The Kier molecular flexibility index (Phi) is 3.59. The van der Waals surface area contributed by atoms with Crippen LogP contribution in [0.2, 0.25) is 0 Å². The fourth-order valence-electron chi connectivity index (χ4n) is 2.37. The van der Waals surface area contributed by atoms with Gasteiger partial charge in [-0.15, -0.1) is 0 Å². The second kappa shape index (κ2) is 5.14. The molecule has 0 spiro atoms. The van der Waals surface area contributed by atoms with Gasteiger partial charge in [-0.25, -0.2) is 0 Å². The smallest absolute Gasteiger partial charge is 0.234 e. The average Bonchev–Trinajstić information content (AvgIpc) is 2.30. The lowest BCUT2D eigenvalue weighted by Crippen LogP contribution is -2.30. The number of hydrogen-bond donors (Lipinski definition) is 1. The van der Waals surface area contributed by atoms with Crippen LogP contribution in [0, 0.1) is 5.92 Å². The van der Waals surface area contributed by atoms with Gasteiger partial charge in [-0.05, 0) is 31.6 Å². The summed E-state index contributed by atoms with van der Waals surface area (Å²) < 4.78 is 5.89. The zero-order chi connectivity index (χ0) is 11.4. The predicted molar refractivity (Wildman–Crippen MR) is 63.1 cm³/mol. The largest absolute Gasteiger partial charge is 0.473 e. The average molecular weight is 221 g/mol. The van der Waals surface area contributed by atoms with Crippen molar-refractivity contribution in [3.05, 3.63) is 12.4 Å². The van der Waals surface area contributed by atoms with E-state index in [2.05, 4.69) is 16.9 Å². The number of aromatic nitrogens is 2. The van der Waals surface area contributed by atoms with Gasteiger partial charge in [0, 0.05) is 0 Å². The van der Waals surface area contributed by atoms with Gasteiger partial charge in [0.15, 0.2) is 0 Å². The van der Waals surface area contributed by atoms with E-state index in [0.717, 1.165) is 6.42 Å². The first kappa shape index (κ1) is 11.2. The van der Waals surface area contributed by atoms with Gasteiger partial charge in [-0.2, -0.15) is 4.98 Å². The van der Waals surface area contributed by atoms with Gasteiger partial charge >= 0.3 is 0 Å². The van der Waals surface area contributed by atoms with E-state index in [9.17, 15) is 0 Å². The van der Waals surface area contributed by atoms with E-state index in [-0.39, 0.29) is 6.10 Å². The zero-order valence-electron chi connectivity index (χ0n) is 9.72. The number of nitrogen functional groups attached to an aromatic ring is 1. The molecule has 4 heteroatoms. The number of nitrogens with two attached hydrogens (primary N) is 1. The molecule has 1 fully saturated rings. The molecule has 88 valence electrons. The standard InChI is InChI=1S/C12H19N3O/c1-2-9-5-3-4-6-10(9)16-12-8-14-7-11(13)15-12/h7-10H,2-6H2,1H3,(H2,13,15). The molecule has 1 aliphatic rings. The van der Waals surface area contributed by atoms with Crippen molar-refractivity contribution in [1.29, 1.82) is 0 Å². The highest BCUT2D eigenvalue weighted by molar-refractivity contribution is 5.26. The number of hydrogen-bond acceptors (Lipinski definition) is 4. The molecule has 1 heterocycles. The third-order valence-corrected chi connectivity index (χ3v) is 3.27. The summed E-state index contributed by atoms with van der Waals surface area (Å²) in [5.41, 5.74) is 5.58. The molecule has 16 heavy (non-hydrogen) atoms. The number of anilines is 1. The molecule has 1 saturated carbocycles. The first-order valence-corrected chi connectivity index (χ1v) is 6.03. The summed E-state index contributed by atoms with van der Waals surface area (Å²) in [6.07, 6.45) is 9.57. The Labute approximate surface area is 96.2 Å². The summed E-state index contributed by atoms with van der Waals surface area (Å²) in [7, 11) is 0. The van der Waals surface area contributed by atoms with Crippen LogP contribution in [-0.2, 0) is 0 Å². The van der Waals surface area contributed by atoms with Crippen LogP contribution in [0.25, 0.3) is 0 Å². The topological polar surface area (TPSA) is 61.0 Å². The molecular weight excluding hydrogens is 202 g/mol. The van der Waals surface area contributed by atoms with Gasteiger partial charge in [0.1, 0.15) is 11.9 Å². The van der Waals surface area contributed by atoms with Crippen molar-refractivity contribution >= 4 is 5.82 Å². The molecular formula is C12H19N3O. The van der Waals surface area contributed by atoms with Crippen molar-refractivity contribution in [3.63, 3.8) is 0 Å². The fourth-order valence-corrected chi connectivity index (χ4v) is 2.37. The van der Waals surface area contributed by atoms with E-state index in [1.165, 1.54) is 31.9 Å². The maximum absolute atomic E-state index is 5.89. The van der Waals surface area contributed by atoms with Crippen LogP contribution in [0.15, 0.2) is 12.4 Å². The molecule has 2 rings (SSSR count). The highest BCUT2D eigenvalue weighted by Gasteiger charge is 2.25. The van der Waals surface area contributed by atoms with Crippen LogP contribution < -0.4 is 10.5 Å². The molecule has 2 unspecified atom stereocenters. The van der Waals surface area contributed by atoms with Crippen LogP contribution in [0.3, 0.4) is 0 Å². The van der Waals surface area contributed by atoms with Gasteiger partial charge in [-0.3, -0.25) is 4.98 Å². The monoisotopic (exact) mass is 221 g/mol. The third-order valence-electron chi connectivity index (χ3n) is 3.27. The molecule has 1 aliphatic carbocycles. The lowest BCUT2D eigenvalue weighted by Gasteiger charge is -2.30. The van der Waals surface area contributed by atoms with Crippen LogP contribution in [0.4, 0.5) is 5.82 Å². The molecule has 1 aromatic heterocycles. The minimum atomic E-state index is 0.287. The van der Waals surface area contributed by atoms with Gasteiger partial charge in [0.25, 0.3) is 0 Å². The first-order chi connectivity index (χ1) is 7.79. The Hall–Kier alpha value is -1.32. The molecule has 0 radical (unpaired) electrons. The molecule has 4 nitrogen and oxygen atoms in total. The molecule has 0 aliphatic heterocycles. The van der Waals surface area contributed by atoms with E-state index < -0.39 is 0 Å². The van der Waals surface area contributed by atoms with Crippen molar-refractivity contribution < 1.29 is 4.74 Å². The van der Waals surface area contributed by atoms with E-state index >= 15 is 0 Å². The van der Waals surface area contributed by atoms with Crippen molar-refractivity contribution in [2.24, 2.45) is 5.92 Å². The number of ether oxygens (including phenoxy) is 1. The lowest BCUT2D eigenvalue weighted by molar-refractivity contribution is 0.0856. The Morgan fingerprint density at radius 3 is 2.94 bits per heavy atom. The summed E-state index contributed by atoms with van der Waals surface area (Å²) in [5, 5.41) is 0. The van der Waals surface area contributed by atoms with Gasteiger partial charge in [0.2, 0.25) is 5.88 Å². The first-order valence-electron chi connectivity index (χ1n) is 6.03. The van der Waals surface area contributed by atoms with Crippen LogP contribution in [0.1, 0.15) is 39.0 Å². The van der Waals surface area contributed by atoms with Gasteiger partial charge in [0.05, 0.1) is 12.4 Å². The van der Waals surface area contributed by atoms with E-state index in [0.29, 0.717) is 17.6 Å². The summed E-state index contributed by atoms with van der Waals surface area (Å²) >= 11 is 0.